The molecule has 2 unspecified atom stereocenters. The molecule has 1 amide bonds. The number of sulfonamides is 1. The molecule has 0 spiro atoms. The molecule has 0 bridgehead atoms. The Morgan fingerprint density at radius 2 is 2.05 bits per heavy atom. The number of rotatable bonds is 6. The van der Waals surface area contributed by atoms with Gasteiger partial charge in [-0.05, 0) is 30.7 Å². The number of anilines is 1. The van der Waals surface area contributed by atoms with Crippen molar-refractivity contribution in [3.63, 3.8) is 0 Å². The summed E-state index contributed by atoms with van der Waals surface area (Å²) in [6.07, 6.45) is 0.768. The van der Waals surface area contributed by atoms with E-state index in [0.717, 1.165) is 18.6 Å². The Balaban J connectivity index is 2.10. The summed E-state index contributed by atoms with van der Waals surface area (Å²) in [6.45, 7) is 2.62. The predicted octanol–water partition coefficient (Wildman–Crippen LogP) is 0.144. The summed E-state index contributed by atoms with van der Waals surface area (Å²) in [7, 11) is -3.85. The molecular formula is C13H19FN4O3S. The van der Waals surface area contributed by atoms with E-state index < -0.39 is 27.1 Å². The first-order valence-electron chi connectivity index (χ1n) is 6.97. The number of hydrogen-bond donors (Lipinski definition) is 4. The third-order valence-electron chi connectivity index (χ3n) is 3.26. The second-order valence-corrected chi connectivity index (χ2v) is 6.80. The fourth-order valence-electron chi connectivity index (χ4n) is 2.13. The summed E-state index contributed by atoms with van der Waals surface area (Å²) in [5, 5.41) is 1.58. The van der Waals surface area contributed by atoms with E-state index in [1.807, 2.05) is 6.92 Å². The van der Waals surface area contributed by atoms with Gasteiger partial charge in [0.1, 0.15) is 5.82 Å². The van der Waals surface area contributed by atoms with Crippen LogP contribution in [0, 0.1) is 11.7 Å². The molecule has 1 heterocycles. The first-order chi connectivity index (χ1) is 10.4. The van der Waals surface area contributed by atoms with Crippen molar-refractivity contribution in [2.24, 2.45) is 5.92 Å². The Morgan fingerprint density at radius 3 is 2.68 bits per heavy atom. The molecule has 0 aromatic heterocycles. The van der Waals surface area contributed by atoms with Gasteiger partial charge in [-0.2, -0.15) is 0 Å². The zero-order valence-electron chi connectivity index (χ0n) is 12.1. The van der Waals surface area contributed by atoms with E-state index in [0.29, 0.717) is 6.54 Å². The average molecular weight is 330 g/mol. The Morgan fingerprint density at radius 1 is 1.36 bits per heavy atom. The second-order valence-electron chi connectivity index (χ2n) is 5.00. The van der Waals surface area contributed by atoms with Crippen LogP contribution in [0.5, 0.6) is 0 Å². The van der Waals surface area contributed by atoms with Crippen LogP contribution in [0.15, 0.2) is 24.3 Å². The van der Waals surface area contributed by atoms with E-state index in [-0.39, 0.29) is 18.1 Å². The maximum absolute atomic E-state index is 12.9. The summed E-state index contributed by atoms with van der Waals surface area (Å²) >= 11 is 0. The van der Waals surface area contributed by atoms with Gasteiger partial charge in [0.05, 0.1) is 5.92 Å². The highest BCUT2D eigenvalue weighted by atomic mass is 32.2. The van der Waals surface area contributed by atoms with Crippen LogP contribution < -0.4 is 20.9 Å². The van der Waals surface area contributed by atoms with Gasteiger partial charge in [-0.15, -0.1) is 0 Å². The number of carbonyl (C=O) groups excluding carboxylic acids is 1. The third-order valence-corrected chi connectivity index (χ3v) is 4.89. The standard InChI is InChI=1S/C13H19FN4O3S/c1-2-7-15-12(19)11-8-16-17-13(11)22(20,21)18-10-5-3-9(14)4-6-10/h3-6,11,13,16-18H,2,7-8H2,1H3,(H,15,19). The first-order valence-corrected chi connectivity index (χ1v) is 8.52. The third kappa shape index (κ3) is 3.93. The average Bonchev–Trinajstić information content (AvgIpc) is 2.97. The summed E-state index contributed by atoms with van der Waals surface area (Å²) in [5.74, 6) is -1.53. The number of nitrogens with one attached hydrogen (secondary N) is 4. The van der Waals surface area contributed by atoms with Crippen molar-refractivity contribution in [2.45, 2.75) is 18.7 Å². The molecule has 4 N–H and O–H groups in total. The smallest absolute Gasteiger partial charge is 0.250 e. The summed E-state index contributed by atoms with van der Waals surface area (Å²) < 4.78 is 40.0. The quantitative estimate of drug-likeness (QED) is 0.595. The van der Waals surface area contributed by atoms with Gasteiger partial charge in [0.2, 0.25) is 5.91 Å². The Hall–Kier alpha value is -1.71. The lowest BCUT2D eigenvalue weighted by atomic mass is 10.1. The molecule has 0 aliphatic carbocycles. The normalized spacial score (nSPS) is 21.5. The SMILES string of the molecule is CCCNC(=O)C1CNNC1S(=O)(=O)Nc1ccc(F)cc1. The highest BCUT2D eigenvalue weighted by molar-refractivity contribution is 7.93. The Bertz CT molecular complexity index is 621. The molecule has 7 nitrogen and oxygen atoms in total. The predicted molar refractivity (Wildman–Crippen MR) is 80.7 cm³/mol. The molecule has 2 atom stereocenters. The van der Waals surface area contributed by atoms with Crippen LogP contribution in [0.25, 0.3) is 0 Å². The number of hydrogen-bond acceptors (Lipinski definition) is 5. The maximum Gasteiger partial charge on any atom is 0.250 e. The van der Waals surface area contributed by atoms with Crippen molar-refractivity contribution in [1.29, 1.82) is 0 Å². The minimum atomic E-state index is -3.85. The molecule has 1 aromatic carbocycles. The number of amides is 1. The molecule has 1 aliphatic heterocycles. The Labute approximate surface area is 128 Å². The van der Waals surface area contributed by atoms with Crippen LogP contribution >= 0.6 is 0 Å². The van der Waals surface area contributed by atoms with Gasteiger partial charge in [-0.25, -0.2) is 18.2 Å². The summed E-state index contributed by atoms with van der Waals surface area (Å²) in [6, 6.07) is 4.95. The van der Waals surface area contributed by atoms with Gasteiger partial charge in [-0.1, -0.05) is 6.92 Å². The molecule has 1 aliphatic rings. The largest absolute Gasteiger partial charge is 0.356 e. The molecule has 1 saturated heterocycles. The van der Waals surface area contributed by atoms with Gasteiger partial charge >= 0.3 is 0 Å². The molecule has 0 saturated carbocycles. The van der Waals surface area contributed by atoms with E-state index in [1.54, 1.807) is 0 Å². The van der Waals surface area contributed by atoms with Crippen molar-refractivity contribution in [3.05, 3.63) is 30.1 Å². The maximum atomic E-state index is 12.9. The van der Waals surface area contributed by atoms with Gasteiger partial charge in [-0.3, -0.25) is 14.9 Å². The molecule has 1 fully saturated rings. The van der Waals surface area contributed by atoms with E-state index in [9.17, 15) is 17.6 Å². The number of halogens is 1. The second kappa shape index (κ2) is 7.03. The van der Waals surface area contributed by atoms with Crippen molar-refractivity contribution in [2.75, 3.05) is 17.8 Å². The van der Waals surface area contributed by atoms with Crippen molar-refractivity contribution in [3.8, 4) is 0 Å². The highest BCUT2D eigenvalue weighted by Crippen LogP contribution is 2.18. The van der Waals surface area contributed by atoms with Crippen LogP contribution in [0.4, 0.5) is 10.1 Å². The van der Waals surface area contributed by atoms with Gasteiger partial charge in [0.25, 0.3) is 10.0 Å². The molecule has 2 rings (SSSR count). The van der Waals surface area contributed by atoms with E-state index in [4.69, 9.17) is 0 Å². The minimum absolute atomic E-state index is 0.213. The molecule has 9 heteroatoms. The highest BCUT2D eigenvalue weighted by Gasteiger charge is 2.41. The van der Waals surface area contributed by atoms with E-state index >= 15 is 0 Å². The van der Waals surface area contributed by atoms with E-state index in [2.05, 4.69) is 20.9 Å². The first kappa shape index (κ1) is 16.7. The lowest BCUT2D eigenvalue weighted by Crippen LogP contribution is -2.46. The molecule has 22 heavy (non-hydrogen) atoms. The lowest BCUT2D eigenvalue weighted by Gasteiger charge is -2.19. The fraction of sp³-hybridized carbons (Fsp3) is 0.462. The van der Waals surface area contributed by atoms with Gasteiger partial charge in [0, 0.05) is 18.8 Å². The van der Waals surface area contributed by atoms with Crippen molar-refractivity contribution >= 4 is 21.6 Å². The monoisotopic (exact) mass is 330 g/mol. The number of carbonyl (C=O) groups is 1. The van der Waals surface area contributed by atoms with Crippen molar-refractivity contribution < 1.29 is 17.6 Å². The zero-order chi connectivity index (χ0) is 16.2. The lowest BCUT2D eigenvalue weighted by molar-refractivity contribution is -0.124. The number of hydrazine groups is 1. The Kier molecular flexibility index (Phi) is 5.33. The topological polar surface area (TPSA) is 99.3 Å². The minimum Gasteiger partial charge on any atom is -0.356 e. The van der Waals surface area contributed by atoms with Gasteiger partial charge in [0.15, 0.2) is 5.37 Å². The van der Waals surface area contributed by atoms with Crippen LogP contribution in [0.3, 0.4) is 0 Å². The van der Waals surface area contributed by atoms with Gasteiger partial charge < -0.3 is 5.32 Å². The van der Waals surface area contributed by atoms with Crippen LogP contribution in [0.2, 0.25) is 0 Å². The zero-order valence-corrected chi connectivity index (χ0v) is 12.9. The molecular weight excluding hydrogens is 311 g/mol. The molecule has 122 valence electrons. The summed E-state index contributed by atoms with van der Waals surface area (Å²) in [5.41, 5.74) is 5.53. The number of benzene rings is 1. The van der Waals surface area contributed by atoms with E-state index in [1.165, 1.54) is 12.1 Å². The van der Waals surface area contributed by atoms with Crippen LogP contribution in [-0.4, -0.2) is 32.8 Å². The molecule has 1 aromatic rings. The molecule has 0 radical (unpaired) electrons. The van der Waals surface area contributed by atoms with Crippen LogP contribution in [-0.2, 0) is 14.8 Å². The fourth-order valence-corrected chi connectivity index (χ4v) is 3.61. The van der Waals surface area contributed by atoms with Crippen LogP contribution in [0.1, 0.15) is 13.3 Å². The van der Waals surface area contributed by atoms with Crippen molar-refractivity contribution in [1.82, 2.24) is 16.2 Å². The summed E-state index contributed by atoms with van der Waals surface area (Å²) in [4.78, 5) is 12.0.